The van der Waals surface area contributed by atoms with Crippen LogP contribution in [0.2, 0.25) is 0 Å². The zero-order chi connectivity index (χ0) is 20.8. The number of carbonyl (C=O) groups excluding carboxylic acids is 4. The summed E-state index contributed by atoms with van der Waals surface area (Å²) in [5.41, 5.74) is 1.97. The molecule has 2 N–H and O–H groups in total. The van der Waals surface area contributed by atoms with Crippen LogP contribution in [-0.2, 0) is 20.9 Å². The number of likely N-dealkylation sites (tertiary alicyclic amines) is 1. The summed E-state index contributed by atoms with van der Waals surface area (Å²) in [7, 11) is 0. The molecule has 29 heavy (non-hydrogen) atoms. The van der Waals surface area contributed by atoms with Crippen LogP contribution in [0.1, 0.15) is 42.1 Å². The maximum atomic E-state index is 12.2. The number of imide groups is 1. The molecule has 0 spiro atoms. The van der Waals surface area contributed by atoms with Gasteiger partial charge in [0.1, 0.15) is 0 Å². The van der Waals surface area contributed by atoms with E-state index in [2.05, 4.69) is 10.6 Å². The first-order valence-electron chi connectivity index (χ1n) is 9.50. The van der Waals surface area contributed by atoms with E-state index < -0.39 is 0 Å². The summed E-state index contributed by atoms with van der Waals surface area (Å²) in [5, 5.41) is 5.59. The van der Waals surface area contributed by atoms with Crippen molar-refractivity contribution in [3.63, 3.8) is 0 Å². The van der Waals surface area contributed by atoms with E-state index in [-0.39, 0.29) is 55.5 Å². The second-order valence-corrected chi connectivity index (χ2v) is 7.06. The summed E-state index contributed by atoms with van der Waals surface area (Å²) in [6, 6.07) is 15.5. The zero-order valence-corrected chi connectivity index (χ0v) is 16.2. The van der Waals surface area contributed by atoms with Crippen molar-refractivity contribution in [1.82, 2.24) is 10.2 Å². The van der Waals surface area contributed by atoms with Crippen LogP contribution in [0.4, 0.5) is 5.69 Å². The number of nitrogens with one attached hydrogen (secondary N) is 2. The van der Waals surface area contributed by atoms with Crippen LogP contribution in [0.25, 0.3) is 0 Å². The molecule has 4 amide bonds. The van der Waals surface area contributed by atoms with E-state index in [4.69, 9.17) is 0 Å². The number of nitrogens with zero attached hydrogens (tertiary/aromatic N) is 1. The van der Waals surface area contributed by atoms with Crippen molar-refractivity contribution < 1.29 is 19.2 Å². The fourth-order valence-electron chi connectivity index (χ4n) is 3.11. The van der Waals surface area contributed by atoms with E-state index in [9.17, 15) is 19.2 Å². The molecule has 1 fully saturated rings. The van der Waals surface area contributed by atoms with Crippen molar-refractivity contribution in [2.24, 2.45) is 0 Å². The fourth-order valence-corrected chi connectivity index (χ4v) is 3.11. The number of anilines is 1. The molecular formula is C22H23N3O4. The van der Waals surface area contributed by atoms with Gasteiger partial charge in [-0.2, -0.15) is 0 Å². The first-order valence-corrected chi connectivity index (χ1v) is 9.50. The first kappa shape index (κ1) is 20.3. The molecule has 1 saturated heterocycles. The van der Waals surface area contributed by atoms with Crippen LogP contribution in [0.3, 0.4) is 0 Å². The normalized spacial score (nSPS) is 14.6. The molecule has 1 heterocycles. The molecule has 1 unspecified atom stereocenters. The number of rotatable bonds is 7. The summed E-state index contributed by atoms with van der Waals surface area (Å²) in [5.74, 6) is -0.748. The molecule has 1 atom stereocenters. The molecule has 150 valence electrons. The Morgan fingerprint density at radius 2 is 1.59 bits per heavy atom. The van der Waals surface area contributed by atoms with Crippen LogP contribution in [0.15, 0.2) is 54.6 Å². The Morgan fingerprint density at radius 1 is 0.966 bits per heavy atom. The maximum Gasteiger partial charge on any atom is 0.251 e. The highest BCUT2D eigenvalue weighted by Gasteiger charge is 2.28. The monoisotopic (exact) mass is 393 g/mol. The van der Waals surface area contributed by atoms with Crippen LogP contribution < -0.4 is 10.6 Å². The number of hydrogen-bond donors (Lipinski definition) is 2. The van der Waals surface area contributed by atoms with Crippen molar-refractivity contribution in [1.29, 1.82) is 0 Å². The van der Waals surface area contributed by atoms with E-state index >= 15 is 0 Å². The highest BCUT2D eigenvalue weighted by molar-refractivity contribution is 6.01. The zero-order valence-electron chi connectivity index (χ0n) is 16.2. The Balaban J connectivity index is 1.48. The lowest BCUT2D eigenvalue weighted by molar-refractivity contribution is -0.139. The van der Waals surface area contributed by atoms with Crippen LogP contribution in [0.5, 0.6) is 0 Å². The third-order valence-electron chi connectivity index (χ3n) is 4.64. The number of benzene rings is 2. The third kappa shape index (κ3) is 5.51. The van der Waals surface area contributed by atoms with Crippen molar-refractivity contribution in [2.75, 3.05) is 5.32 Å². The van der Waals surface area contributed by atoms with Crippen molar-refractivity contribution >= 4 is 29.3 Å². The lowest BCUT2D eigenvalue weighted by Crippen LogP contribution is -2.35. The summed E-state index contributed by atoms with van der Waals surface area (Å²) in [6.07, 6.45) is 0.676. The Kier molecular flexibility index (Phi) is 6.39. The first-order chi connectivity index (χ1) is 13.9. The third-order valence-corrected chi connectivity index (χ3v) is 4.64. The topological polar surface area (TPSA) is 95.6 Å². The SMILES string of the molecule is CC(CC(=O)Nc1ccc(CN2C(=O)CCC2=O)cc1)NC(=O)c1ccccc1. The molecule has 0 bridgehead atoms. The van der Waals surface area contributed by atoms with Gasteiger partial charge in [-0.15, -0.1) is 0 Å². The lowest BCUT2D eigenvalue weighted by atomic mass is 10.1. The lowest BCUT2D eigenvalue weighted by Gasteiger charge is -2.15. The second kappa shape index (κ2) is 9.14. The van der Waals surface area contributed by atoms with E-state index in [1.54, 1.807) is 55.5 Å². The number of amides is 4. The Labute approximate surface area is 169 Å². The van der Waals surface area contributed by atoms with Gasteiger partial charge in [0, 0.05) is 36.6 Å². The molecule has 0 aliphatic carbocycles. The molecule has 2 aromatic carbocycles. The van der Waals surface area contributed by atoms with Gasteiger partial charge in [-0.05, 0) is 36.8 Å². The van der Waals surface area contributed by atoms with Crippen molar-refractivity contribution in [2.45, 2.75) is 38.8 Å². The predicted octanol–water partition coefficient (Wildman–Crippen LogP) is 2.48. The van der Waals surface area contributed by atoms with Gasteiger partial charge in [0.05, 0.1) is 6.54 Å². The van der Waals surface area contributed by atoms with Gasteiger partial charge in [-0.3, -0.25) is 24.1 Å². The van der Waals surface area contributed by atoms with Gasteiger partial charge >= 0.3 is 0 Å². The molecule has 1 aliphatic heterocycles. The minimum atomic E-state index is -0.325. The van der Waals surface area contributed by atoms with Crippen molar-refractivity contribution in [3.8, 4) is 0 Å². The van der Waals surface area contributed by atoms with Gasteiger partial charge < -0.3 is 10.6 Å². The second-order valence-electron chi connectivity index (χ2n) is 7.06. The quantitative estimate of drug-likeness (QED) is 0.707. The summed E-state index contributed by atoms with van der Waals surface area (Å²) < 4.78 is 0. The Hall–Kier alpha value is -3.48. The van der Waals surface area contributed by atoms with Crippen LogP contribution >= 0.6 is 0 Å². The molecule has 7 heteroatoms. The molecule has 2 aromatic rings. The van der Waals surface area contributed by atoms with Crippen LogP contribution in [-0.4, -0.2) is 34.6 Å². The Morgan fingerprint density at radius 3 is 2.21 bits per heavy atom. The molecule has 1 aliphatic rings. The van der Waals surface area contributed by atoms with E-state index in [0.29, 0.717) is 11.3 Å². The highest BCUT2D eigenvalue weighted by Crippen LogP contribution is 2.17. The predicted molar refractivity (Wildman–Crippen MR) is 108 cm³/mol. The Bertz CT molecular complexity index is 893. The largest absolute Gasteiger partial charge is 0.349 e. The van der Waals surface area contributed by atoms with Gasteiger partial charge in [0.15, 0.2) is 0 Å². The number of carbonyl (C=O) groups is 4. The summed E-state index contributed by atoms with van der Waals surface area (Å²) in [6.45, 7) is 2.02. The van der Waals surface area contributed by atoms with Gasteiger partial charge in [-0.1, -0.05) is 30.3 Å². The highest BCUT2D eigenvalue weighted by atomic mass is 16.2. The summed E-state index contributed by atoms with van der Waals surface area (Å²) in [4.78, 5) is 49.0. The fraction of sp³-hybridized carbons (Fsp3) is 0.273. The van der Waals surface area contributed by atoms with E-state index in [1.807, 2.05) is 6.07 Å². The standard InChI is InChI=1S/C22H23N3O4/c1-15(23-22(29)17-5-3-2-4-6-17)13-19(26)24-18-9-7-16(8-10-18)14-25-20(27)11-12-21(25)28/h2-10,15H,11-14H2,1H3,(H,23,29)(H,24,26). The van der Waals surface area contributed by atoms with Gasteiger partial charge in [0.2, 0.25) is 17.7 Å². The summed E-state index contributed by atoms with van der Waals surface area (Å²) >= 11 is 0. The van der Waals surface area contributed by atoms with Crippen LogP contribution in [0, 0.1) is 0 Å². The number of hydrogen-bond acceptors (Lipinski definition) is 4. The average Bonchev–Trinajstić information content (AvgIpc) is 3.02. The van der Waals surface area contributed by atoms with Gasteiger partial charge in [-0.25, -0.2) is 0 Å². The van der Waals surface area contributed by atoms with E-state index in [0.717, 1.165) is 5.56 Å². The molecular weight excluding hydrogens is 370 g/mol. The maximum absolute atomic E-state index is 12.2. The molecule has 3 rings (SSSR count). The van der Waals surface area contributed by atoms with E-state index in [1.165, 1.54) is 4.90 Å². The minimum Gasteiger partial charge on any atom is -0.349 e. The van der Waals surface area contributed by atoms with Gasteiger partial charge in [0.25, 0.3) is 5.91 Å². The molecule has 0 radical (unpaired) electrons. The molecule has 7 nitrogen and oxygen atoms in total. The average molecular weight is 393 g/mol. The minimum absolute atomic E-state index is 0.136. The van der Waals surface area contributed by atoms with Crippen molar-refractivity contribution in [3.05, 3.63) is 65.7 Å². The smallest absolute Gasteiger partial charge is 0.251 e. The molecule has 0 aromatic heterocycles. The molecule has 0 saturated carbocycles.